The van der Waals surface area contributed by atoms with Crippen LogP contribution in [0.15, 0.2) is 0 Å². The minimum atomic E-state index is -1.13. The van der Waals surface area contributed by atoms with Gasteiger partial charge in [0.15, 0.2) is 0 Å². The lowest BCUT2D eigenvalue weighted by atomic mass is 9.89. The maximum Gasteiger partial charge on any atom is 0.326 e. The second-order valence-electron chi connectivity index (χ2n) is 5.77. The fourth-order valence-corrected chi connectivity index (χ4v) is 2.77. The molecule has 20 heavy (non-hydrogen) atoms. The van der Waals surface area contributed by atoms with Gasteiger partial charge in [0.1, 0.15) is 6.04 Å². The minimum absolute atomic E-state index is 0.000411. The normalized spacial score (nSPS) is 33.5. The SMILES string of the molecule is CC1(C(N)=O)CCN(C(=O)N2C[C@H](O)C[C@H]2C(=O)O)C1. The number of rotatable bonds is 2. The number of likely N-dealkylation sites (tertiary alicyclic amines) is 2. The van der Waals surface area contributed by atoms with E-state index in [1.807, 2.05) is 0 Å². The largest absolute Gasteiger partial charge is 0.480 e. The van der Waals surface area contributed by atoms with Crippen molar-refractivity contribution in [1.29, 1.82) is 0 Å². The summed E-state index contributed by atoms with van der Waals surface area (Å²) in [5.74, 6) is -1.60. The number of aliphatic hydroxyl groups excluding tert-OH is 1. The van der Waals surface area contributed by atoms with Gasteiger partial charge in [0.25, 0.3) is 0 Å². The Kier molecular flexibility index (Phi) is 3.59. The van der Waals surface area contributed by atoms with Crippen molar-refractivity contribution in [3.63, 3.8) is 0 Å². The average molecular weight is 285 g/mol. The molecule has 1 unspecified atom stereocenters. The van der Waals surface area contributed by atoms with E-state index in [2.05, 4.69) is 0 Å². The van der Waals surface area contributed by atoms with E-state index in [1.54, 1.807) is 6.92 Å². The topological polar surface area (TPSA) is 124 Å². The highest BCUT2D eigenvalue weighted by atomic mass is 16.4. The van der Waals surface area contributed by atoms with E-state index in [4.69, 9.17) is 10.8 Å². The second-order valence-corrected chi connectivity index (χ2v) is 5.77. The van der Waals surface area contributed by atoms with Crippen molar-refractivity contribution >= 4 is 17.9 Å². The number of hydrogen-bond acceptors (Lipinski definition) is 4. The molecule has 0 aliphatic carbocycles. The van der Waals surface area contributed by atoms with Gasteiger partial charge in [0.05, 0.1) is 11.5 Å². The van der Waals surface area contributed by atoms with E-state index < -0.39 is 35.5 Å². The number of carbonyl (C=O) groups is 3. The number of carboxylic acids is 1. The molecule has 2 rings (SSSR count). The van der Waals surface area contributed by atoms with Crippen molar-refractivity contribution in [2.45, 2.75) is 31.9 Å². The zero-order valence-electron chi connectivity index (χ0n) is 11.3. The first kappa shape index (κ1) is 14.6. The van der Waals surface area contributed by atoms with Gasteiger partial charge in [0, 0.05) is 26.1 Å². The van der Waals surface area contributed by atoms with Crippen molar-refractivity contribution in [2.75, 3.05) is 19.6 Å². The highest BCUT2D eigenvalue weighted by Crippen LogP contribution is 2.31. The van der Waals surface area contributed by atoms with Crippen LogP contribution in [-0.4, -0.2) is 69.7 Å². The van der Waals surface area contributed by atoms with Crippen molar-refractivity contribution in [3.8, 4) is 0 Å². The van der Waals surface area contributed by atoms with Gasteiger partial charge in [-0.25, -0.2) is 9.59 Å². The van der Waals surface area contributed by atoms with Gasteiger partial charge in [0.2, 0.25) is 5.91 Å². The molecule has 3 atom stereocenters. The first-order chi connectivity index (χ1) is 9.24. The molecule has 2 aliphatic rings. The van der Waals surface area contributed by atoms with Gasteiger partial charge < -0.3 is 25.7 Å². The third kappa shape index (κ3) is 2.43. The Hall–Kier alpha value is -1.83. The summed E-state index contributed by atoms with van der Waals surface area (Å²) >= 11 is 0. The number of aliphatic carboxylic acids is 1. The number of nitrogens with zero attached hydrogens (tertiary/aromatic N) is 2. The number of hydrogen-bond donors (Lipinski definition) is 3. The van der Waals surface area contributed by atoms with Gasteiger partial charge >= 0.3 is 12.0 Å². The highest BCUT2D eigenvalue weighted by molar-refractivity contribution is 5.86. The average Bonchev–Trinajstić information content (AvgIpc) is 2.93. The fourth-order valence-electron chi connectivity index (χ4n) is 2.77. The van der Waals surface area contributed by atoms with Gasteiger partial charge in [-0.05, 0) is 13.3 Å². The molecular formula is C12H19N3O5. The van der Waals surface area contributed by atoms with Crippen molar-refractivity contribution in [2.24, 2.45) is 11.1 Å². The van der Waals surface area contributed by atoms with Crippen LogP contribution < -0.4 is 5.73 Å². The van der Waals surface area contributed by atoms with E-state index in [0.29, 0.717) is 13.0 Å². The lowest BCUT2D eigenvalue weighted by molar-refractivity contribution is -0.141. The Labute approximate surface area is 116 Å². The maximum atomic E-state index is 12.3. The summed E-state index contributed by atoms with van der Waals surface area (Å²) in [6, 6.07) is -1.48. The smallest absolute Gasteiger partial charge is 0.326 e. The molecular weight excluding hydrogens is 266 g/mol. The van der Waals surface area contributed by atoms with Crippen LogP contribution in [0.25, 0.3) is 0 Å². The van der Waals surface area contributed by atoms with Crippen molar-refractivity contribution < 1.29 is 24.6 Å². The first-order valence-corrected chi connectivity index (χ1v) is 6.51. The standard InChI is InChI=1S/C12H19N3O5/c1-12(10(13)19)2-3-14(6-12)11(20)15-5-7(16)4-8(15)9(17)18/h7-8,16H,2-6H2,1H3,(H2,13,19)(H,17,18)/t7-,8+,12?/m1/s1. The van der Waals surface area contributed by atoms with Gasteiger partial charge in [-0.1, -0.05) is 0 Å². The third-order valence-electron chi connectivity index (χ3n) is 4.15. The number of carboxylic acid groups (broad SMARTS) is 1. The molecule has 0 saturated carbocycles. The zero-order valence-corrected chi connectivity index (χ0v) is 11.3. The number of urea groups is 1. The van der Waals surface area contributed by atoms with Gasteiger partial charge in [-0.3, -0.25) is 4.79 Å². The van der Waals surface area contributed by atoms with Crippen LogP contribution in [0, 0.1) is 5.41 Å². The van der Waals surface area contributed by atoms with Gasteiger partial charge in [-0.2, -0.15) is 0 Å². The summed E-state index contributed by atoms with van der Waals surface area (Å²) in [7, 11) is 0. The summed E-state index contributed by atoms with van der Waals surface area (Å²) in [4.78, 5) is 37.4. The fraction of sp³-hybridized carbons (Fsp3) is 0.750. The van der Waals surface area contributed by atoms with E-state index in [0.717, 1.165) is 4.90 Å². The van der Waals surface area contributed by atoms with E-state index >= 15 is 0 Å². The molecule has 2 fully saturated rings. The molecule has 4 N–H and O–H groups in total. The number of aliphatic hydroxyl groups is 1. The van der Waals surface area contributed by atoms with Crippen LogP contribution in [0.1, 0.15) is 19.8 Å². The van der Waals surface area contributed by atoms with E-state index in [1.165, 1.54) is 4.90 Å². The summed E-state index contributed by atoms with van der Waals surface area (Å²) in [6.07, 6.45) is -0.338. The molecule has 0 spiro atoms. The molecule has 0 aromatic rings. The van der Waals surface area contributed by atoms with Gasteiger partial charge in [-0.15, -0.1) is 0 Å². The number of carbonyl (C=O) groups excluding carboxylic acids is 2. The van der Waals surface area contributed by atoms with Crippen molar-refractivity contribution in [1.82, 2.24) is 9.80 Å². The first-order valence-electron chi connectivity index (χ1n) is 6.51. The Morgan fingerprint density at radius 1 is 1.35 bits per heavy atom. The third-order valence-corrected chi connectivity index (χ3v) is 4.15. The molecule has 0 aromatic carbocycles. The number of amides is 3. The Balaban J connectivity index is 2.09. The van der Waals surface area contributed by atoms with E-state index in [-0.39, 0.29) is 19.5 Å². The van der Waals surface area contributed by atoms with E-state index in [9.17, 15) is 19.5 Å². The predicted molar refractivity (Wildman–Crippen MR) is 67.6 cm³/mol. The predicted octanol–water partition coefficient (Wildman–Crippen LogP) is -1.18. The molecule has 0 radical (unpaired) electrons. The van der Waals surface area contributed by atoms with Crippen LogP contribution in [-0.2, 0) is 9.59 Å². The number of primary amides is 1. The van der Waals surface area contributed by atoms with Crippen LogP contribution in [0.4, 0.5) is 4.79 Å². The Morgan fingerprint density at radius 3 is 2.50 bits per heavy atom. The van der Waals surface area contributed by atoms with Crippen LogP contribution in [0.5, 0.6) is 0 Å². The molecule has 0 aromatic heterocycles. The lowest BCUT2D eigenvalue weighted by Crippen LogP contribution is -2.48. The van der Waals surface area contributed by atoms with Crippen molar-refractivity contribution in [3.05, 3.63) is 0 Å². The Morgan fingerprint density at radius 2 is 2.00 bits per heavy atom. The zero-order chi connectivity index (χ0) is 15.1. The van der Waals surface area contributed by atoms with Crippen LogP contribution >= 0.6 is 0 Å². The highest BCUT2D eigenvalue weighted by Gasteiger charge is 2.45. The van der Waals surface area contributed by atoms with Crippen LogP contribution in [0.2, 0.25) is 0 Å². The second kappa shape index (κ2) is 4.93. The summed E-state index contributed by atoms with van der Waals surface area (Å²) in [5.41, 5.74) is 4.55. The summed E-state index contributed by atoms with van der Waals surface area (Å²) in [5, 5.41) is 18.6. The molecule has 8 heteroatoms. The molecule has 0 bridgehead atoms. The maximum absolute atomic E-state index is 12.3. The molecule has 2 aliphatic heterocycles. The molecule has 3 amide bonds. The quantitative estimate of drug-likeness (QED) is 0.589. The lowest BCUT2D eigenvalue weighted by Gasteiger charge is -2.28. The molecule has 2 saturated heterocycles. The minimum Gasteiger partial charge on any atom is -0.480 e. The van der Waals surface area contributed by atoms with Crippen LogP contribution in [0.3, 0.4) is 0 Å². The summed E-state index contributed by atoms with van der Waals surface area (Å²) < 4.78 is 0. The summed E-state index contributed by atoms with van der Waals surface area (Å²) in [6.45, 7) is 2.23. The molecule has 8 nitrogen and oxygen atoms in total. The number of β-amino-alcohol motifs (C(OH)–C–C–N with tert-alkyl or cyclic N) is 1. The monoisotopic (exact) mass is 285 g/mol. The number of nitrogens with two attached hydrogens (primary N) is 1. The molecule has 112 valence electrons. The Bertz CT molecular complexity index is 454. The molecule has 2 heterocycles.